The topological polar surface area (TPSA) is 72.9 Å². The normalized spacial score (nSPS) is 16.9. The Morgan fingerprint density at radius 2 is 1.72 bits per heavy atom. The number of amides is 1. The molecule has 0 N–H and O–H groups in total. The highest BCUT2D eigenvalue weighted by Crippen LogP contribution is 2.37. The Bertz CT molecular complexity index is 992. The van der Waals surface area contributed by atoms with Crippen molar-refractivity contribution < 1.29 is 31.5 Å². The Balaban J connectivity index is 1.85. The van der Waals surface area contributed by atoms with Gasteiger partial charge in [-0.3, -0.25) is 4.79 Å². The number of nitrogens with zero attached hydrogens (tertiary/aromatic N) is 1. The Labute approximate surface area is 168 Å². The number of ether oxygens (including phenoxy) is 2. The summed E-state index contributed by atoms with van der Waals surface area (Å²) in [6.07, 6.45) is 1.57. The van der Waals surface area contributed by atoms with Crippen molar-refractivity contribution in [1.82, 2.24) is 4.90 Å². The van der Waals surface area contributed by atoms with E-state index in [1.165, 1.54) is 19.2 Å². The Morgan fingerprint density at radius 1 is 1.07 bits per heavy atom. The molecule has 2 aromatic rings. The molecule has 0 aliphatic carbocycles. The molecular formula is C20H21F2NO5S. The fourth-order valence-corrected chi connectivity index (χ4v) is 4.19. The molecule has 1 heterocycles. The molecule has 2 aromatic carbocycles. The minimum atomic E-state index is -4.69. The number of rotatable bonds is 6. The van der Waals surface area contributed by atoms with Gasteiger partial charge >= 0.3 is 5.76 Å². The third-order valence-electron chi connectivity index (χ3n) is 4.97. The molecular weight excluding hydrogens is 404 g/mol. The van der Waals surface area contributed by atoms with Gasteiger partial charge in [-0.1, -0.05) is 6.07 Å². The van der Waals surface area contributed by atoms with Crippen molar-refractivity contribution >= 4 is 15.7 Å². The minimum Gasteiger partial charge on any atom is -0.493 e. The second-order valence-electron chi connectivity index (χ2n) is 6.60. The van der Waals surface area contributed by atoms with Crippen molar-refractivity contribution in [3.63, 3.8) is 0 Å². The van der Waals surface area contributed by atoms with E-state index in [1.807, 2.05) is 12.1 Å². The Kier molecular flexibility index (Phi) is 6.07. The number of alkyl halides is 2. The molecule has 0 aromatic heterocycles. The van der Waals surface area contributed by atoms with Gasteiger partial charge in [-0.05, 0) is 54.8 Å². The predicted molar refractivity (Wildman–Crippen MR) is 102 cm³/mol. The lowest BCUT2D eigenvalue weighted by atomic mass is 10.0. The molecule has 156 valence electrons. The summed E-state index contributed by atoms with van der Waals surface area (Å²) in [6.45, 7) is 0.537. The maximum absolute atomic E-state index is 13.0. The highest BCUT2D eigenvalue weighted by atomic mass is 32.2. The van der Waals surface area contributed by atoms with E-state index in [9.17, 15) is 22.0 Å². The number of carbonyl (C=O) groups excluding carboxylic acids is 1. The van der Waals surface area contributed by atoms with Gasteiger partial charge in [-0.25, -0.2) is 8.42 Å². The summed E-state index contributed by atoms with van der Waals surface area (Å²) in [5.74, 6) is -2.64. The van der Waals surface area contributed by atoms with Gasteiger partial charge in [0.2, 0.25) is 9.84 Å². The summed E-state index contributed by atoms with van der Waals surface area (Å²) in [7, 11) is -1.61. The lowest BCUT2D eigenvalue weighted by Gasteiger charge is -2.26. The van der Waals surface area contributed by atoms with E-state index < -0.39 is 20.5 Å². The van der Waals surface area contributed by atoms with Crippen LogP contribution in [-0.4, -0.2) is 45.7 Å². The molecule has 3 rings (SSSR count). The van der Waals surface area contributed by atoms with E-state index in [2.05, 4.69) is 0 Å². The smallest absolute Gasteiger partial charge is 0.341 e. The van der Waals surface area contributed by atoms with E-state index in [-0.39, 0.29) is 17.5 Å². The van der Waals surface area contributed by atoms with E-state index >= 15 is 0 Å². The quantitative estimate of drug-likeness (QED) is 0.706. The maximum atomic E-state index is 13.0. The van der Waals surface area contributed by atoms with Crippen molar-refractivity contribution in [2.24, 2.45) is 0 Å². The van der Waals surface area contributed by atoms with Crippen LogP contribution in [0, 0.1) is 0 Å². The van der Waals surface area contributed by atoms with Crippen LogP contribution in [0.3, 0.4) is 0 Å². The average molecular weight is 425 g/mol. The predicted octanol–water partition coefficient (Wildman–Crippen LogP) is 3.68. The van der Waals surface area contributed by atoms with E-state index in [0.717, 1.165) is 30.5 Å². The summed E-state index contributed by atoms with van der Waals surface area (Å²) >= 11 is 0. The van der Waals surface area contributed by atoms with Crippen LogP contribution < -0.4 is 9.47 Å². The minimum absolute atomic E-state index is 0.174. The maximum Gasteiger partial charge on any atom is 0.341 e. The number of likely N-dealkylation sites (tertiary alicyclic amines) is 1. The molecule has 1 aliphatic rings. The number of hydrogen-bond donors (Lipinski definition) is 0. The first-order valence-electron chi connectivity index (χ1n) is 8.94. The third kappa shape index (κ3) is 4.05. The van der Waals surface area contributed by atoms with Crippen molar-refractivity contribution in [2.45, 2.75) is 29.5 Å². The number of methoxy groups -OCH3 is 2. The van der Waals surface area contributed by atoms with Crippen molar-refractivity contribution in [2.75, 3.05) is 20.8 Å². The van der Waals surface area contributed by atoms with Gasteiger partial charge in [0, 0.05) is 12.1 Å². The molecule has 1 aliphatic heterocycles. The third-order valence-corrected chi connectivity index (χ3v) is 6.37. The van der Waals surface area contributed by atoms with Crippen LogP contribution in [0.4, 0.5) is 8.78 Å². The summed E-state index contributed by atoms with van der Waals surface area (Å²) in [6, 6.07) is 9.91. The largest absolute Gasteiger partial charge is 0.493 e. The molecule has 6 nitrogen and oxygen atoms in total. The standard InChI is InChI=1S/C20H21F2NO5S/c1-27-17-10-7-14(12-18(17)28-2)16-4-3-11-23(16)19(24)13-5-8-15(9-6-13)29(25,26)20(21)22/h5-10,12,16,20H,3-4,11H2,1-2H3/t16-/m1/s1. The molecule has 0 saturated carbocycles. The molecule has 1 amide bonds. The van der Waals surface area contributed by atoms with Crippen molar-refractivity contribution in [3.05, 3.63) is 53.6 Å². The van der Waals surface area contributed by atoms with Gasteiger partial charge in [0.1, 0.15) is 0 Å². The molecule has 0 bridgehead atoms. The number of carbonyl (C=O) groups is 1. The monoisotopic (exact) mass is 425 g/mol. The van der Waals surface area contributed by atoms with Gasteiger partial charge in [0.25, 0.3) is 5.91 Å². The summed E-state index contributed by atoms with van der Waals surface area (Å²) in [5.41, 5.74) is 1.14. The highest BCUT2D eigenvalue weighted by molar-refractivity contribution is 7.91. The first kappa shape index (κ1) is 21.0. The fraction of sp³-hybridized carbons (Fsp3) is 0.350. The summed E-state index contributed by atoms with van der Waals surface area (Å²) < 4.78 is 59.0. The molecule has 1 atom stereocenters. The zero-order chi connectivity index (χ0) is 21.2. The van der Waals surface area contributed by atoms with Crippen LogP contribution in [0.25, 0.3) is 0 Å². The lowest BCUT2D eigenvalue weighted by Crippen LogP contribution is -2.30. The van der Waals surface area contributed by atoms with Gasteiger partial charge in [0.05, 0.1) is 25.2 Å². The number of benzene rings is 2. The molecule has 1 saturated heterocycles. The Morgan fingerprint density at radius 3 is 2.31 bits per heavy atom. The second-order valence-corrected chi connectivity index (χ2v) is 8.52. The van der Waals surface area contributed by atoms with Crippen LogP contribution in [0.2, 0.25) is 0 Å². The molecule has 0 spiro atoms. The molecule has 0 unspecified atom stereocenters. The number of sulfone groups is 1. The fourth-order valence-electron chi connectivity index (χ4n) is 3.47. The number of halogens is 2. The zero-order valence-corrected chi connectivity index (χ0v) is 16.8. The molecule has 9 heteroatoms. The van der Waals surface area contributed by atoms with Crippen LogP contribution in [0.1, 0.15) is 34.8 Å². The number of hydrogen-bond acceptors (Lipinski definition) is 5. The Hall–Kier alpha value is -2.68. The van der Waals surface area contributed by atoms with Gasteiger partial charge in [0.15, 0.2) is 11.5 Å². The van der Waals surface area contributed by atoms with Crippen molar-refractivity contribution in [3.8, 4) is 11.5 Å². The summed E-state index contributed by atoms with van der Waals surface area (Å²) in [5, 5.41) is 0. The van der Waals surface area contributed by atoms with Crippen molar-refractivity contribution in [1.29, 1.82) is 0 Å². The van der Waals surface area contributed by atoms with Crippen LogP contribution in [0.5, 0.6) is 11.5 Å². The molecule has 0 radical (unpaired) electrons. The van der Waals surface area contributed by atoms with Crippen LogP contribution in [-0.2, 0) is 9.84 Å². The van der Waals surface area contributed by atoms with Gasteiger partial charge in [-0.2, -0.15) is 8.78 Å². The first-order chi connectivity index (χ1) is 13.8. The van der Waals surface area contributed by atoms with Gasteiger partial charge in [-0.15, -0.1) is 0 Å². The van der Waals surface area contributed by atoms with E-state index in [4.69, 9.17) is 9.47 Å². The zero-order valence-electron chi connectivity index (χ0n) is 16.0. The summed E-state index contributed by atoms with van der Waals surface area (Å²) in [4.78, 5) is 14.2. The second kappa shape index (κ2) is 8.36. The van der Waals surface area contributed by atoms with Crippen LogP contribution in [0.15, 0.2) is 47.4 Å². The SMILES string of the molecule is COc1ccc([C@H]2CCCN2C(=O)c2ccc(S(=O)(=O)C(F)F)cc2)cc1OC. The highest BCUT2D eigenvalue weighted by Gasteiger charge is 2.32. The molecule has 29 heavy (non-hydrogen) atoms. The first-order valence-corrected chi connectivity index (χ1v) is 10.5. The van der Waals surface area contributed by atoms with E-state index in [1.54, 1.807) is 18.1 Å². The van der Waals surface area contributed by atoms with Gasteiger partial charge < -0.3 is 14.4 Å². The van der Waals surface area contributed by atoms with E-state index in [0.29, 0.717) is 18.0 Å². The lowest BCUT2D eigenvalue weighted by molar-refractivity contribution is 0.0735. The molecule has 1 fully saturated rings. The van der Waals surface area contributed by atoms with Crippen LogP contribution >= 0.6 is 0 Å². The average Bonchev–Trinajstić information content (AvgIpc) is 3.22.